The smallest absolute Gasteiger partial charge is 0.157 e. The van der Waals surface area contributed by atoms with Gasteiger partial charge >= 0.3 is 0 Å². The number of fused-ring (bicyclic) bond motifs is 1. The highest BCUT2D eigenvalue weighted by molar-refractivity contribution is 5.79. The monoisotopic (exact) mass is 551 g/mol. The predicted molar refractivity (Wildman–Crippen MR) is 161 cm³/mol. The van der Waals surface area contributed by atoms with Gasteiger partial charge in [-0.05, 0) is 48.7 Å². The van der Waals surface area contributed by atoms with E-state index in [1.807, 2.05) is 30.3 Å². The van der Waals surface area contributed by atoms with E-state index in [-0.39, 0.29) is 0 Å². The van der Waals surface area contributed by atoms with Crippen LogP contribution in [0.3, 0.4) is 0 Å². The molecule has 0 aliphatic carbocycles. The molecule has 2 aromatic carbocycles. The number of hydrogen-bond acceptors (Lipinski definition) is 7. The highest BCUT2D eigenvalue weighted by atomic mass is 16.5. The van der Waals surface area contributed by atoms with Crippen LogP contribution in [0.4, 0.5) is 5.82 Å². The molecule has 0 atom stereocenters. The Morgan fingerprint density at radius 3 is 2.59 bits per heavy atom. The topological polar surface area (TPSA) is 74.7 Å². The number of H-pyrrole nitrogens is 1. The molecule has 3 aliphatic heterocycles. The first-order chi connectivity index (χ1) is 20.2. The van der Waals surface area contributed by atoms with Crippen LogP contribution < -0.4 is 9.64 Å². The van der Waals surface area contributed by atoms with Crippen molar-refractivity contribution in [2.75, 3.05) is 57.9 Å². The number of rotatable bonds is 7. The molecule has 0 radical (unpaired) electrons. The molecule has 0 bridgehead atoms. The minimum Gasteiger partial charge on any atom is -0.497 e. The lowest BCUT2D eigenvalue weighted by Crippen LogP contribution is -2.50. The number of hydrogen-bond donors (Lipinski definition) is 1. The average molecular weight is 552 g/mol. The van der Waals surface area contributed by atoms with Crippen molar-refractivity contribution in [1.29, 1.82) is 0 Å². The van der Waals surface area contributed by atoms with Crippen LogP contribution in [0.5, 0.6) is 5.75 Å². The average Bonchev–Trinajstić information content (AvgIpc) is 3.66. The summed E-state index contributed by atoms with van der Waals surface area (Å²) in [6.45, 7) is 7.32. The van der Waals surface area contributed by atoms with Gasteiger partial charge in [0.1, 0.15) is 17.3 Å². The van der Waals surface area contributed by atoms with Gasteiger partial charge in [-0.2, -0.15) is 5.10 Å². The summed E-state index contributed by atoms with van der Waals surface area (Å²) in [6, 6.07) is 19.2. The number of piperidine rings is 1. The Labute approximate surface area is 240 Å². The zero-order valence-electron chi connectivity index (χ0n) is 23.6. The normalized spacial score (nSPS) is 18.7. The summed E-state index contributed by atoms with van der Waals surface area (Å²) in [5, 5.41) is 5.18. The van der Waals surface area contributed by atoms with Crippen LogP contribution in [0.25, 0.3) is 22.6 Å². The highest BCUT2D eigenvalue weighted by Gasteiger charge is 2.30. The number of allylic oxidation sites excluding steroid dienone is 2. The summed E-state index contributed by atoms with van der Waals surface area (Å²) >= 11 is 0. The Bertz CT molecular complexity index is 1510. The van der Waals surface area contributed by atoms with E-state index >= 15 is 0 Å². The van der Waals surface area contributed by atoms with Gasteiger partial charge in [-0.25, -0.2) is 4.98 Å². The first-order valence-electron chi connectivity index (χ1n) is 14.6. The fourth-order valence-corrected chi connectivity index (χ4v) is 6.22. The predicted octanol–water partition coefficient (Wildman–Crippen LogP) is 4.50. The molecule has 5 heterocycles. The molecule has 0 amide bonds. The van der Waals surface area contributed by atoms with Crippen LogP contribution in [-0.4, -0.2) is 88.6 Å². The number of nitrogens with one attached hydrogen (secondary N) is 1. The van der Waals surface area contributed by atoms with Gasteiger partial charge in [0.2, 0.25) is 0 Å². The summed E-state index contributed by atoms with van der Waals surface area (Å²) < 4.78 is 13.0. The number of para-hydroxylation sites is 2. The molecule has 0 unspecified atom stereocenters. The SMILES string of the molecule is COc1ccc(Cn2nc(N3CC=CC=C3N3CCC(N4CCOCC4)CC3)cc2-c2nc3ccccc3[nH]2)cc1. The minimum atomic E-state index is 0.629. The van der Waals surface area contributed by atoms with Crippen molar-refractivity contribution < 1.29 is 9.47 Å². The first kappa shape index (κ1) is 25.9. The molecule has 3 aliphatic rings. The zero-order chi connectivity index (χ0) is 27.6. The number of anilines is 1. The van der Waals surface area contributed by atoms with Gasteiger partial charge < -0.3 is 24.3 Å². The molecule has 4 aromatic rings. The van der Waals surface area contributed by atoms with Gasteiger partial charge in [0.15, 0.2) is 11.6 Å². The maximum Gasteiger partial charge on any atom is 0.157 e. The lowest BCUT2D eigenvalue weighted by molar-refractivity contribution is 0.00326. The number of morpholine rings is 1. The molecule has 0 spiro atoms. The van der Waals surface area contributed by atoms with Crippen LogP contribution in [0.15, 0.2) is 78.6 Å². The molecule has 7 rings (SSSR count). The third-order valence-corrected chi connectivity index (χ3v) is 8.46. The highest BCUT2D eigenvalue weighted by Crippen LogP contribution is 2.31. The van der Waals surface area contributed by atoms with Crippen molar-refractivity contribution in [3.05, 3.63) is 84.2 Å². The fourth-order valence-electron chi connectivity index (χ4n) is 6.22. The van der Waals surface area contributed by atoms with Gasteiger partial charge in [0, 0.05) is 44.8 Å². The molecule has 2 fully saturated rings. The molecular formula is C32H37N7O2. The van der Waals surface area contributed by atoms with Crippen molar-refractivity contribution in [3.63, 3.8) is 0 Å². The number of ether oxygens (including phenoxy) is 2. The Morgan fingerprint density at radius 1 is 1.00 bits per heavy atom. The lowest BCUT2D eigenvalue weighted by atomic mass is 10.0. The standard InChI is InChI=1S/C32H37N7O2/c1-40-26-11-9-24(10-12-26)23-39-29(32-33-27-6-2-3-7-28(27)34-32)22-30(35-39)38-15-5-4-8-31(38)37-16-13-25(14-17-37)36-18-20-41-21-19-36/h2-12,22,25H,13-21,23H2,1H3,(H,33,34). The number of benzene rings is 2. The lowest BCUT2D eigenvalue weighted by Gasteiger charge is -2.43. The Morgan fingerprint density at radius 2 is 1.80 bits per heavy atom. The van der Waals surface area contributed by atoms with Crippen molar-refractivity contribution in [2.45, 2.75) is 25.4 Å². The molecule has 41 heavy (non-hydrogen) atoms. The minimum absolute atomic E-state index is 0.629. The Kier molecular flexibility index (Phi) is 7.21. The number of aromatic amines is 1. The second kappa shape index (κ2) is 11.4. The van der Waals surface area contributed by atoms with Crippen LogP contribution in [0, 0.1) is 0 Å². The van der Waals surface area contributed by atoms with Gasteiger partial charge in [0.05, 0.1) is 37.9 Å². The number of aromatic nitrogens is 4. The van der Waals surface area contributed by atoms with Crippen molar-refractivity contribution >= 4 is 16.9 Å². The van der Waals surface area contributed by atoms with E-state index < -0.39 is 0 Å². The van der Waals surface area contributed by atoms with E-state index in [1.165, 1.54) is 18.7 Å². The summed E-state index contributed by atoms with van der Waals surface area (Å²) in [6.07, 6.45) is 8.96. The number of methoxy groups -OCH3 is 1. The second-order valence-corrected chi connectivity index (χ2v) is 10.9. The van der Waals surface area contributed by atoms with E-state index in [4.69, 9.17) is 19.6 Å². The summed E-state index contributed by atoms with van der Waals surface area (Å²) in [7, 11) is 1.69. The fraction of sp³-hybridized carbons (Fsp3) is 0.375. The second-order valence-electron chi connectivity index (χ2n) is 10.9. The van der Waals surface area contributed by atoms with Crippen molar-refractivity contribution in [2.24, 2.45) is 0 Å². The third kappa shape index (κ3) is 5.35. The Hall–Kier alpha value is -4.08. The summed E-state index contributed by atoms with van der Waals surface area (Å²) in [5.74, 6) is 3.82. The zero-order valence-corrected chi connectivity index (χ0v) is 23.6. The van der Waals surface area contributed by atoms with E-state index in [1.54, 1.807) is 7.11 Å². The van der Waals surface area contributed by atoms with Crippen molar-refractivity contribution in [1.82, 2.24) is 29.5 Å². The van der Waals surface area contributed by atoms with Gasteiger partial charge in [-0.15, -0.1) is 0 Å². The van der Waals surface area contributed by atoms with Crippen LogP contribution in [0.1, 0.15) is 18.4 Å². The van der Waals surface area contributed by atoms with Crippen LogP contribution in [-0.2, 0) is 11.3 Å². The number of likely N-dealkylation sites (tertiary alicyclic amines) is 1. The first-order valence-corrected chi connectivity index (χ1v) is 14.6. The maximum atomic E-state index is 5.58. The molecule has 9 nitrogen and oxygen atoms in total. The van der Waals surface area contributed by atoms with Crippen LogP contribution in [0.2, 0.25) is 0 Å². The van der Waals surface area contributed by atoms with Crippen molar-refractivity contribution in [3.8, 4) is 17.3 Å². The number of imidazole rings is 1. The molecule has 1 N–H and O–H groups in total. The summed E-state index contributed by atoms with van der Waals surface area (Å²) in [4.78, 5) is 15.9. The van der Waals surface area contributed by atoms with E-state index in [0.717, 1.165) is 85.6 Å². The third-order valence-electron chi connectivity index (χ3n) is 8.46. The van der Waals surface area contributed by atoms with E-state index in [9.17, 15) is 0 Å². The van der Waals surface area contributed by atoms with E-state index in [2.05, 4.69) is 66.9 Å². The summed E-state index contributed by atoms with van der Waals surface area (Å²) in [5.41, 5.74) is 4.08. The van der Waals surface area contributed by atoms with Gasteiger partial charge in [-0.3, -0.25) is 9.58 Å². The van der Waals surface area contributed by atoms with Gasteiger partial charge in [-0.1, -0.05) is 36.4 Å². The number of nitrogens with zero attached hydrogens (tertiary/aromatic N) is 6. The van der Waals surface area contributed by atoms with E-state index in [0.29, 0.717) is 12.6 Å². The maximum absolute atomic E-state index is 5.58. The van der Waals surface area contributed by atoms with Gasteiger partial charge in [0.25, 0.3) is 0 Å². The quantitative estimate of drug-likeness (QED) is 0.363. The molecule has 0 saturated carbocycles. The molecule has 9 heteroatoms. The molecular weight excluding hydrogens is 514 g/mol. The molecule has 212 valence electrons. The Balaban J connectivity index is 1.17. The molecule has 2 aromatic heterocycles. The largest absolute Gasteiger partial charge is 0.497 e. The van der Waals surface area contributed by atoms with Crippen LogP contribution >= 0.6 is 0 Å². The molecule has 2 saturated heterocycles.